The number of nitrogens with zero attached hydrogens (tertiary/aromatic N) is 3. The molecule has 2 atom stereocenters. The third-order valence-corrected chi connectivity index (χ3v) is 6.88. The Morgan fingerprint density at radius 1 is 1.13 bits per heavy atom. The van der Waals surface area contributed by atoms with Crippen molar-refractivity contribution in [3.8, 4) is 0 Å². The van der Waals surface area contributed by atoms with Crippen molar-refractivity contribution in [2.45, 2.75) is 64.3 Å². The van der Waals surface area contributed by atoms with Gasteiger partial charge >= 0.3 is 6.09 Å². The van der Waals surface area contributed by atoms with Crippen LogP contribution in [0.4, 0.5) is 10.6 Å². The van der Waals surface area contributed by atoms with Gasteiger partial charge in [0.2, 0.25) is 11.8 Å². The van der Waals surface area contributed by atoms with Gasteiger partial charge in [-0.3, -0.25) is 24.7 Å². The summed E-state index contributed by atoms with van der Waals surface area (Å²) in [7, 11) is 1.52. The molecule has 1 aromatic heterocycles. The van der Waals surface area contributed by atoms with Crippen LogP contribution in [0.2, 0.25) is 0 Å². The number of carbonyl (C=O) groups excluding carboxylic acids is 3. The summed E-state index contributed by atoms with van der Waals surface area (Å²) in [5.41, 5.74) is 7.18. The molecule has 1 aliphatic rings. The highest BCUT2D eigenvalue weighted by Crippen LogP contribution is 2.24. The number of pyridine rings is 1. The summed E-state index contributed by atoms with van der Waals surface area (Å²) in [5.74, 6) is -0.405. The van der Waals surface area contributed by atoms with Gasteiger partial charge in [0.15, 0.2) is 0 Å². The molecule has 9 nitrogen and oxygen atoms in total. The molecular weight excluding hydrogens is 494 g/mol. The predicted molar refractivity (Wildman–Crippen MR) is 151 cm³/mol. The van der Waals surface area contributed by atoms with Crippen LogP contribution >= 0.6 is 0 Å². The van der Waals surface area contributed by atoms with Gasteiger partial charge in [-0.05, 0) is 68.8 Å². The largest absolute Gasteiger partial charge is 0.444 e. The first-order valence-corrected chi connectivity index (χ1v) is 13.2. The molecule has 1 saturated heterocycles. The Labute approximate surface area is 229 Å². The van der Waals surface area contributed by atoms with Crippen LogP contribution in [0.1, 0.15) is 44.7 Å². The van der Waals surface area contributed by atoms with E-state index in [0.29, 0.717) is 18.8 Å². The van der Waals surface area contributed by atoms with Gasteiger partial charge in [0, 0.05) is 31.6 Å². The van der Waals surface area contributed by atoms with E-state index in [2.05, 4.69) is 21.3 Å². The first-order valence-electron chi connectivity index (χ1n) is 13.2. The number of hydrogen-bond acceptors (Lipinski definition) is 7. The third-order valence-electron chi connectivity index (χ3n) is 6.88. The summed E-state index contributed by atoms with van der Waals surface area (Å²) in [4.78, 5) is 47.1. The first-order chi connectivity index (χ1) is 18.5. The summed E-state index contributed by atoms with van der Waals surface area (Å²) >= 11 is 0. The van der Waals surface area contributed by atoms with E-state index in [1.807, 2.05) is 48.5 Å². The molecule has 2 heterocycles. The van der Waals surface area contributed by atoms with Gasteiger partial charge in [0.1, 0.15) is 17.5 Å². The second-order valence-corrected chi connectivity index (χ2v) is 11.0. The summed E-state index contributed by atoms with van der Waals surface area (Å²) in [6, 6.07) is 15.9. The maximum atomic E-state index is 13.5. The second-order valence-electron chi connectivity index (χ2n) is 11.0. The van der Waals surface area contributed by atoms with Crippen LogP contribution in [-0.2, 0) is 27.3 Å². The zero-order valence-electron chi connectivity index (χ0n) is 23.0. The second kappa shape index (κ2) is 11.8. The van der Waals surface area contributed by atoms with E-state index in [0.717, 1.165) is 34.9 Å². The van der Waals surface area contributed by atoms with E-state index >= 15 is 0 Å². The quantitative estimate of drug-likeness (QED) is 0.475. The van der Waals surface area contributed by atoms with Gasteiger partial charge in [0.05, 0.1) is 6.04 Å². The van der Waals surface area contributed by atoms with E-state index in [4.69, 9.17) is 10.5 Å². The molecule has 9 heteroatoms. The summed E-state index contributed by atoms with van der Waals surface area (Å²) < 4.78 is 5.50. The van der Waals surface area contributed by atoms with Crippen LogP contribution < -0.4 is 11.1 Å². The Morgan fingerprint density at radius 3 is 2.59 bits per heavy atom. The van der Waals surface area contributed by atoms with Gasteiger partial charge in [-0.25, -0.2) is 9.78 Å². The number of aromatic nitrogens is 1. The fraction of sp³-hybridized carbons (Fsp3) is 0.400. The number of nitrogens with one attached hydrogen (secondary N) is 1. The molecule has 1 fully saturated rings. The molecule has 1 aliphatic heterocycles. The molecule has 3 aromatic rings. The Morgan fingerprint density at radius 2 is 1.87 bits per heavy atom. The van der Waals surface area contributed by atoms with Crippen molar-refractivity contribution in [1.82, 2.24) is 20.1 Å². The molecule has 0 saturated carbocycles. The van der Waals surface area contributed by atoms with E-state index in [-0.39, 0.29) is 12.3 Å². The normalized spacial score (nSPS) is 16.6. The molecule has 2 aromatic carbocycles. The zero-order valence-corrected chi connectivity index (χ0v) is 23.0. The molecule has 206 valence electrons. The minimum Gasteiger partial charge on any atom is -0.444 e. The van der Waals surface area contributed by atoms with Gasteiger partial charge < -0.3 is 10.5 Å². The lowest BCUT2D eigenvalue weighted by Gasteiger charge is -2.30. The number of hydrogen-bond donors (Lipinski definition) is 2. The number of likely N-dealkylation sites (N-methyl/N-ethyl adjacent to an activating group) is 1. The molecular formula is C30H37N5O4. The number of amides is 3. The number of rotatable bonds is 7. The molecule has 39 heavy (non-hydrogen) atoms. The highest BCUT2D eigenvalue weighted by atomic mass is 16.6. The fourth-order valence-electron chi connectivity index (χ4n) is 4.89. The topological polar surface area (TPSA) is 118 Å². The molecule has 3 amide bonds. The number of ether oxygens (including phenoxy) is 1. The standard InChI is InChI=1S/C30H37N5O4/c1-30(2,3)39-29(38)34(4)25(18-20-9-6-5-7-10-20)28(37)33-27(36)24-11-8-16-35(24)19-21-12-13-23-22(17-21)14-15-32-26(23)31/h5-7,9-10,12-15,17,24-25H,8,11,16,18-19H2,1-4H3,(H2,31,32)(H,33,36,37)/t24-,25+/m0/s1. The third kappa shape index (κ3) is 7.11. The summed E-state index contributed by atoms with van der Waals surface area (Å²) in [5, 5.41) is 4.48. The zero-order chi connectivity index (χ0) is 28.2. The fourth-order valence-corrected chi connectivity index (χ4v) is 4.89. The number of nitrogen functional groups attached to an aromatic ring is 1. The van der Waals surface area contributed by atoms with Gasteiger partial charge in [-0.15, -0.1) is 0 Å². The Hall–Kier alpha value is -3.98. The van der Waals surface area contributed by atoms with Gasteiger partial charge in [-0.2, -0.15) is 0 Å². The lowest BCUT2D eigenvalue weighted by Crippen LogP contribution is -2.54. The Kier molecular flexibility index (Phi) is 8.50. The molecule has 0 radical (unpaired) electrons. The minimum atomic E-state index is -0.916. The monoisotopic (exact) mass is 531 g/mol. The van der Waals surface area contributed by atoms with Crippen molar-refractivity contribution in [1.29, 1.82) is 0 Å². The van der Waals surface area contributed by atoms with Crippen molar-refractivity contribution in [2.75, 3.05) is 19.3 Å². The van der Waals surface area contributed by atoms with Crippen molar-refractivity contribution in [3.05, 3.63) is 71.9 Å². The van der Waals surface area contributed by atoms with Crippen LogP contribution in [0.5, 0.6) is 0 Å². The van der Waals surface area contributed by atoms with Crippen LogP contribution in [0.15, 0.2) is 60.8 Å². The minimum absolute atomic E-state index is 0.249. The molecule has 4 rings (SSSR count). The number of fused-ring (bicyclic) bond motifs is 1. The van der Waals surface area contributed by atoms with E-state index in [1.165, 1.54) is 11.9 Å². The number of carbonyl (C=O) groups is 3. The number of imide groups is 1. The highest BCUT2D eigenvalue weighted by molar-refractivity contribution is 6.01. The van der Waals surface area contributed by atoms with Gasteiger partial charge in [-0.1, -0.05) is 42.5 Å². The molecule has 0 aliphatic carbocycles. The number of likely N-dealkylation sites (tertiary alicyclic amines) is 1. The average molecular weight is 532 g/mol. The molecule has 0 unspecified atom stereocenters. The van der Waals surface area contributed by atoms with Crippen LogP contribution in [0.25, 0.3) is 10.8 Å². The molecule has 0 bridgehead atoms. The van der Waals surface area contributed by atoms with Crippen LogP contribution in [0, 0.1) is 0 Å². The van der Waals surface area contributed by atoms with E-state index < -0.39 is 29.7 Å². The van der Waals surface area contributed by atoms with Crippen molar-refractivity contribution in [3.63, 3.8) is 0 Å². The van der Waals surface area contributed by atoms with Crippen LogP contribution in [-0.4, -0.2) is 64.0 Å². The first kappa shape index (κ1) is 28.0. The lowest BCUT2D eigenvalue weighted by molar-refractivity contribution is -0.135. The molecule has 3 N–H and O–H groups in total. The van der Waals surface area contributed by atoms with Crippen molar-refractivity contribution >= 4 is 34.5 Å². The highest BCUT2D eigenvalue weighted by Gasteiger charge is 2.35. The smallest absolute Gasteiger partial charge is 0.410 e. The van der Waals surface area contributed by atoms with Gasteiger partial charge in [0.25, 0.3) is 0 Å². The number of benzene rings is 2. The average Bonchev–Trinajstić information content (AvgIpc) is 3.34. The van der Waals surface area contributed by atoms with Crippen LogP contribution in [0.3, 0.4) is 0 Å². The summed E-state index contributed by atoms with van der Waals surface area (Å²) in [6.45, 7) is 6.61. The van der Waals surface area contributed by atoms with Crippen molar-refractivity contribution < 1.29 is 19.1 Å². The Bertz CT molecular complexity index is 1340. The van der Waals surface area contributed by atoms with Crippen molar-refractivity contribution in [2.24, 2.45) is 0 Å². The maximum Gasteiger partial charge on any atom is 0.410 e. The molecule has 0 spiro atoms. The maximum absolute atomic E-state index is 13.5. The number of nitrogens with two attached hydrogens (primary N) is 1. The summed E-state index contributed by atoms with van der Waals surface area (Å²) in [6.07, 6.45) is 2.80. The van der Waals surface area contributed by atoms with E-state index in [9.17, 15) is 14.4 Å². The Balaban J connectivity index is 1.47. The van der Waals surface area contributed by atoms with E-state index in [1.54, 1.807) is 27.0 Å². The lowest BCUT2D eigenvalue weighted by atomic mass is 10.0. The predicted octanol–water partition coefficient (Wildman–Crippen LogP) is 3.90. The SMILES string of the molecule is CN(C(=O)OC(C)(C)C)[C@H](Cc1ccccc1)C(=O)NC(=O)[C@@H]1CCCN1Cc1ccc2c(N)nccc2c1. The number of anilines is 1.